The van der Waals surface area contributed by atoms with E-state index in [1.165, 1.54) is 0 Å². The number of fused-ring (bicyclic) bond motifs is 2. The molecule has 0 aliphatic heterocycles. The molecule has 0 aliphatic rings. The van der Waals surface area contributed by atoms with Gasteiger partial charge in [-0.1, -0.05) is 34.6 Å². The Hall–Kier alpha value is -3.09. The number of aliphatic carboxylic acids is 1. The van der Waals surface area contributed by atoms with E-state index < -0.39 is 23.5 Å². The van der Waals surface area contributed by atoms with Crippen molar-refractivity contribution in [1.82, 2.24) is 5.32 Å². The van der Waals surface area contributed by atoms with E-state index in [0.717, 1.165) is 21.9 Å². The van der Waals surface area contributed by atoms with Crippen molar-refractivity contribution in [2.75, 3.05) is 0 Å². The molecule has 0 aliphatic carbocycles. The van der Waals surface area contributed by atoms with Crippen molar-refractivity contribution in [3.8, 4) is 0 Å². The summed E-state index contributed by atoms with van der Waals surface area (Å²) in [6.07, 6.45) is 1.79. The Kier molecular flexibility index (Phi) is 6.22. The number of hydrogen-bond donors (Lipinski definition) is 2. The van der Waals surface area contributed by atoms with Crippen molar-refractivity contribution in [2.24, 2.45) is 5.92 Å². The molecule has 0 saturated carbocycles. The first kappa shape index (κ1) is 23.6. The molecule has 2 heterocycles. The Morgan fingerprint density at radius 3 is 2.31 bits per heavy atom. The number of rotatable bonds is 6. The number of amides is 1. The van der Waals surface area contributed by atoms with E-state index in [1.807, 2.05) is 26.8 Å². The van der Waals surface area contributed by atoms with Gasteiger partial charge in [0.25, 0.3) is 0 Å². The molecule has 7 nitrogen and oxygen atoms in total. The summed E-state index contributed by atoms with van der Waals surface area (Å²) in [6, 6.07) is 0.942. The van der Waals surface area contributed by atoms with Gasteiger partial charge in [0.1, 0.15) is 17.2 Å². The minimum absolute atomic E-state index is 0.0984. The Morgan fingerprint density at radius 1 is 1.09 bits per heavy atom. The third kappa shape index (κ3) is 4.42. The largest absolute Gasteiger partial charge is 0.480 e. The average Bonchev–Trinajstić information content (AvgIpc) is 3.10. The van der Waals surface area contributed by atoms with Crippen LogP contribution >= 0.6 is 0 Å². The van der Waals surface area contributed by atoms with Crippen molar-refractivity contribution in [2.45, 2.75) is 72.8 Å². The van der Waals surface area contributed by atoms with Crippen LogP contribution in [0.5, 0.6) is 0 Å². The van der Waals surface area contributed by atoms with Gasteiger partial charge in [-0.3, -0.25) is 4.79 Å². The van der Waals surface area contributed by atoms with Gasteiger partial charge in [0.2, 0.25) is 5.91 Å². The molecule has 1 atom stereocenters. The summed E-state index contributed by atoms with van der Waals surface area (Å²) in [5.41, 5.74) is 3.00. The van der Waals surface area contributed by atoms with Gasteiger partial charge in [0, 0.05) is 21.9 Å². The fourth-order valence-corrected chi connectivity index (χ4v) is 4.08. The molecule has 0 bridgehead atoms. The number of carbonyl (C=O) groups is 2. The first-order valence-corrected chi connectivity index (χ1v) is 10.8. The first-order valence-electron chi connectivity index (χ1n) is 10.8. The highest BCUT2D eigenvalue weighted by Crippen LogP contribution is 2.37. The van der Waals surface area contributed by atoms with Crippen LogP contribution in [-0.4, -0.2) is 23.0 Å². The molecule has 2 aromatic heterocycles. The van der Waals surface area contributed by atoms with E-state index in [1.54, 1.807) is 13.2 Å². The van der Waals surface area contributed by atoms with Crippen LogP contribution in [0.2, 0.25) is 0 Å². The molecular formula is C25H31NO6. The van der Waals surface area contributed by atoms with Gasteiger partial charge < -0.3 is 19.3 Å². The number of carbonyl (C=O) groups excluding carboxylic acids is 1. The molecule has 0 saturated heterocycles. The Labute approximate surface area is 186 Å². The lowest BCUT2D eigenvalue weighted by Gasteiger charge is -2.18. The lowest BCUT2D eigenvalue weighted by Crippen LogP contribution is -2.42. The van der Waals surface area contributed by atoms with Gasteiger partial charge in [0.15, 0.2) is 0 Å². The Balaban J connectivity index is 2.07. The number of nitrogens with one attached hydrogen (secondary N) is 1. The van der Waals surface area contributed by atoms with Crippen molar-refractivity contribution in [3.63, 3.8) is 0 Å². The molecule has 1 aromatic carbocycles. The summed E-state index contributed by atoms with van der Waals surface area (Å²) in [5, 5.41) is 13.6. The molecule has 0 radical (unpaired) electrons. The monoisotopic (exact) mass is 441 g/mol. The number of benzene rings is 1. The number of aryl methyl sites for hydroxylation is 2. The highest BCUT2D eigenvalue weighted by atomic mass is 16.4. The molecule has 0 unspecified atom stereocenters. The highest BCUT2D eigenvalue weighted by Gasteiger charge is 2.25. The smallest absolute Gasteiger partial charge is 0.340 e. The lowest BCUT2D eigenvalue weighted by molar-refractivity contribution is -0.142. The SMILES string of the molecule is Cc1c(CC(=O)N[C@@H](CC(C)C)C(=O)O)c(=O)oc2c(C)c3occ(C(C)(C)C)c3cc12. The van der Waals surface area contributed by atoms with Crippen LogP contribution in [0.15, 0.2) is 26.0 Å². The summed E-state index contributed by atoms with van der Waals surface area (Å²) in [7, 11) is 0. The molecule has 3 aromatic rings. The topological polar surface area (TPSA) is 110 Å². The molecule has 0 spiro atoms. The van der Waals surface area contributed by atoms with Crippen molar-refractivity contribution in [3.05, 3.63) is 45.0 Å². The van der Waals surface area contributed by atoms with Crippen molar-refractivity contribution >= 4 is 33.8 Å². The third-order valence-corrected chi connectivity index (χ3v) is 5.83. The number of furan rings is 1. The fourth-order valence-electron chi connectivity index (χ4n) is 4.08. The van der Waals surface area contributed by atoms with E-state index in [2.05, 4.69) is 26.1 Å². The van der Waals surface area contributed by atoms with E-state index in [4.69, 9.17) is 8.83 Å². The Bertz CT molecular complexity index is 1260. The average molecular weight is 442 g/mol. The zero-order valence-corrected chi connectivity index (χ0v) is 19.7. The minimum atomic E-state index is -1.10. The molecule has 3 rings (SSSR count). The zero-order chi connectivity index (χ0) is 24.0. The van der Waals surface area contributed by atoms with Crippen LogP contribution < -0.4 is 10.9 Å². The van der Waals surface area contributed by atoms with Crippen LogP contribution in [-0.2, 0) is 21.4 Å². The molecule has 172 valence electrons. The second kappa shape index (κ2) is 8.45. The van der Waals surface area contributed by atoms with Gasteiger partial charge in [-0.05, 0) is 43.2 Å². The normalized spacial score (nSPS) is 13.1. The molecule has 2 N–H and O–H groups in total. The number of carboxylic acids is 1. The van der Waals surface area contributed by atoms with Gasteiger partial charge in [-0.15, -0.1) is 0 Å². The molecular weight excluding hydrogens is 410 g/mol. The van der Waals surface area contributed by atoms with E-state index in [-0.39, 0.29) is 23.3 Å². The molecule has 32 heavy (non-hydrogen) atoms. The summed E-state index contributed by atoms with van der Waals surface area (Å²) < 4.78 is 11.4. The summed E-state index contributed by atoms with van der Waals surface area (Å²) in [5.74, 6) is -1.52. The maximum absolute atomic E-state index is 12.7. The van der Waals surface area contributed by atoms with Crippen molar-refractivity contribution < 1.29 is 23.5 Å². The molecule has 1 amide bonds. The lowest BCUT2D eigenvalue weighted by atomic mass is 9.86. The summed E-state index contributed by atoms with van der Waals surface area (Å²) in [4.78, 5) is 36.8. The maximum atomic E-state index is 12.7. The van der Waals surface area contributed by atoms with E-state index >= 15 is 0 Å². The summed E-state index contributed by atoms with van der Waals surface area (Å²) in [6.45, 7) is 13.7. The zero-order valence-electron chi connectivity index (χ0n) is 19.7. The number of hydrogen-bond acceptors (Lipinski definition) is 5. The predicted molar refractivity (Wildman–Crippen MR) is 123 cm³/mol. The maximum Gasteiger partial charge on any atom is 0.340 e. The van der Waals surface area contributed by atoms with Crippen LogP contribution in [0, 0.1) is 19.8 Å². The molecule has 0 fully saturated rings. The van der Waals surface area contributed by atoms with Crippen LogP contribution in [0.1, 0.15) is 63.3 Å². The first-order chi connectivity index (χ1) is 14.8. The van der Waals surface area contributed by atoms with Gasteiger partial charge in [-0.25, -0.2) is 9.59 Å². The second-order valence-electron chi connectivity index (χ2n) is 9.91. The van der Waals surface area contributed by atoms with Crippen LogP contribution in [0.4, 0.5) is 0 Å². The highest BCUT2D eigenvalue weighted by molar-refractivity contribution is 6.00. The van der Waals surface area contributed by atoms with Gasteiger partial charge in [-0.2, -0.15) is 0 Å². The predicted octanol–water partition coefficient (Wildman–Crippen LogP) is 4.61. The Morgan fingerprint density at radius 2 is 1.75 bits per heavy atom. The number of carboxylic acid groups (broad SMARTS) is 1. The third-order valence-electron chi connectivity index (χ3n) is 5.83. The quantitative estimate of drug-likeness (QED) is 0.541. The van der Waals surface area contributed by atoms with Gasteiger partial charge in [0.05, 0.1) is 18.2 Å². The van der Waals surface area contributed by atoms with Crippen molar-refractivity contribution in [1.29, 1.82) is 0 Å². The van der Waals surface area contributed by atoms with E-state index in [9.17, 15) is 19.5 Å². The molecule has 7 heteroatoms. The fraction of sp³-hybridized carbons (Fsp3) is 0.480. The summed E-state index contributed by atoms with van der Waals surface area (Å²) >= 11 is 0. The van der Waals surface area contributed by atoms with Gasteiger partial charge >= 0.3 is 11.6 Å². The second-order valence-corrected chi connectivity index (χ2v) is 9.91. The van der Waals surface area contributed by atoms with Crippen LogP contribution in [0.3, 0.4) is 0 Å². The van der Waals surface area contributed by atoms with Crippen LogP contribution in [0.25, 0.3) is 21.9 Å². The van der Waals surface area contributed by atoms with E-state index in [0.29, 0.717) is 23.2 Å². The standard InChI is InChI=1S/C25H31NO6/c1-12(2)8-19(23(28)29)26-20(27)10-16-13(3)15-9-17-18(25(5,6)7)11-31-21(17)14(4)22(15)32-24(16)30/h9,11-12,19H,8,10H2,1-7H3,(H,26,27)(H,28,29)/t19-/m0/s1. The minimum Gasteiger partial charge on any atom is -0.480 e.